The Balaban J connectivity index is 1.46. The van der Waals surface area contributed by atoms with Gasteiger partial charge in [0, 0.05) is 32.0 Å². The maximum atomic E-state index is 12.5. The summed E-state index contributed by atoms with van der Waals surface area (Å²) in [6.07, 6.45) is 3.49. The van der Waals surface area contributed by atoms with Crippen molar-refractivity contribution in [2.75, 3.05) is 25.4 Å². The lowest BCUT2D eigenvalue weighted by atomic mass is 10.1. The minimum absolute atomic E-state index is 0.0899. The standard InChI is InChI=1S/C19H26N4O4S/c1-15-13-22(14-16(2)27-15)28(25,26)11-9-20-19(24)12-17-4-6-18(7-5-17)23-10-3-8-21-23/h3-8,10,15-16H,9,11-14H2,1-2H3,(H,20,24)/t15-,16-/m1/s1. The Morgan fingerprint density at radius 3 is 2.50 bits per heavy atom. The molecule has 8 nitrogen and oxygen atoms in total. The van der Waals surface area contributed by atoms with Crippen molar-refractivity contribution in [2.24, 2.45) is 0 Å². The summed E-state index contributed by atoms with van der Waals surface area (Å²) in [7, 11) is -3.42. The van der Waals surface area contributed by atoms with Gasteiger partial charge in [-0.2, -0.15) is 9.40 Å². The zero-order valence-electron chi connectivity index (χ0n) is 16.1. The van der Waals surface area contributed by atoms with Crippen molar-refractivity contribution in [3.63, 3.8) is 0 Å². The van der Waals surface area contributed by atoms with Crippen molar-refractivity contribution >= 4 is 15.9 Å². The number of carbonyl (C=O) groups excluding carboxylic acids is 1. The lowest BCUT2D eigenvalue weighted by molar-refractivity contribution is -0.120. The molecule has 3 rings (SSSR count). The maximum Gasteiger partial charge on any atom is 0.224 e. The molecule has 0 bridgehead atoms. The van der Waals surface area contributed by atoms with Crippen molar-refractivity contribution in [2.45, 2.75) is 32.5 Å². The largest absolute Gasteiger partial charge is 0.373 e. The van der Waals surface area contributed by atoms with E-state index in [9.17, 15) is 13.2 Å². The van der Waals surface area contributed by atoms with E-state index < -0.39 is 10.0 Å². The molecular formula is C19H26N4O4S. The molecule has 2 heterocycles. The normalized spacial score (nSPS) is 20.8. The fourth-order valence-corrected chi connectivity index (χ4v) is 4.73. The molecule has 1 aromatic carbocycles. The number of benzene rings is 1. The van der Waals surface area contributed by atoms with E-state index in [1.807, 2.05) is 50.4 Å². The second kappa shape index (κ2) is 8.85. The van der Waals surface area contributed by atoms with E-state index >= 15 is 0 Å². The monoisotopic (exact) mass is 406 g/mol. The highest BCUT2D eigenvalue weighted by Crippen LogP contribution is 2.14. The molecule has 1 aliphatic heterocycles. The molecule has 1 saturated heterocycles. The molecule has 1 amide bonds. The Hall–Kier alpha value is -2.23. The van der Waals surface area contributed by atoms with Crippen LogP contribution < -0.4 is 5.32 Å². The van der Waals surface area contributed by atoms with E-state index in [0.717, 1.165) is 11.3 Å². The zero-order valence-corrected chi connectivity index (χ0v) is 16.9. The highest BCUT2D eigenvalue weighted by molar-refractivity contribution is 7.89. The third kappa shape index (κ3) is 5.40. The van der Waals surface area contributed by atoms with Gasteiger partial charge in [-0.25, -0.2) is 13.1 Å². The van der Waals surface area contributed by atoms with Crippen LogP contribution in [-0.4, -0.2) is 66.0 Å². The second-order valence-electron chi connectivity index (χ2n) is 7.03. The van der Waals surface area contributed by atoms with Crippen molar-refractivity contribution in [3.8, 4) is 5.69 Å². The first kappa shape index (κ1) is 20.5. The average molecular weight is 407 g/mol. The molecule has 1 N–H and O–H groups in total. The van der Waals surface area contributed by atoms with Crippen LogP contribution >= 0.6 is 0 Å². The molecule has 1 aromatic heterocycles. The Morgan fingerprint density at radius 2 is 1.89 bits per heavy atom. The number of morpholine rings is 1. The van der Waals surface area contributed by atoms with E-state index in [4.69, 9.17) is 4.74 Å². The Labute approximate surface area is 165 Å². The van der Waals surface area contributed by atoms with Gasteiger partial charge in [-0.3, -0.25) is 4.79 Å². The van der Waals surface area contributed by atoms with Crippen molar-refractivity contribution in [1.82, 2.24) is 19.4 Å². The van der Waals surface area contributed by atoms with Crippen molar-refractivity contribution in [3.05, 3.63) is 48.3 Å². The lowest BCUT2D eigenvalue weighted by Gasteiger charge is -2.34. The van der Waals surface area contributed by atoms with E-state index in [2.05, 4.69) is 10.4 Å². The van der Waals surface area contributed by atoms with Crippen LogP contribution in [0.25, 0.3) is 5.69 Å². The number of sulfonamides is 1. The highest BCUT2D eigenvalue weighted by Gasteiger charge is 2.30. The third-order valence-corrected chi connectivity index (χ3v) is 6.34. The predicted octanol–water partition coefficient (Wildman–Crippen LogP) is 0.970. The summed E-state index contributed by atoms with van der Waals surface area (Å²) in [5.41, 5.74) is 1.77. The van der Waals surface area contributed by atoms with E-state index in [1.165, 1.54) is 4.31 Å². The predicted molar refractivity (Wildman–Crippen MR) is 106 cm³/mol. The summed E-state index contributed by atoms with van der Waals surface area (Å²) in [6.45, 7) is 4.51. The van der Waals surface area contributed by atoms with Crippen LogP contribution in [0.2, 0.25) is 0 Å². The van der Waals surface area contributed by atoms with Gasteiger partial charge >= 0.3 is 0 Å². The van der Waals surface area contributed by atoms with Crippen LogP contribution in [0.5, 0.6) is 0 Å². The summed E-state index contributed by atoms with van der Waals surface area (Å²) in [5.74, 6) is -0.318. The first-order valence-corrected chi connectivity index (χ1v) is 10.9. The Bertz CT molecular complexity index is 871. The number of carbonyl (C=O) groups is 1. The summed E-state index contributed by atoms with van der Waals surface area (Å²) in [6, 6.07) is 9.35. The molecule has 9 heteroatoms. The van der Waals surface area contributed by atoms with E-state index in [1.54, 1.807) is 10.9 Å². The van der Waals surface area contributed by atoms with Crippen LogP contribution in [0.1, 0.15) is 19.4 Å². The molecule has 2 atom stereocenters. The Kier molecular flexibility index (Phi) is 6.48. The van der Waals surface area contributed by atoms with Gasteiger partial charge in [0.25, 0.3) is 0 Å². The SMILES string of the molecule is C[C@@H]1CN(S(=O)(=O)CCNC(=O)Cc2ccc(-n3cccn3)cc2)C[C@@H](C)O1. The number of ether oxygens (including phenoxy) is 1. The summed E-state index contributed by atoms with van der Waals surface area (Å²) in [5, 5.41) is 6.85. The van der Waals surface area contributed by atoms with Gasteiger partial charge in [-0.1, -0.05) is 12.1 Å². The molecule has 1 aliphatic rings. The minimum atomic E-state index is -3.42. The summed E-state index contributed by atoms with van der Waals surface area (Å²) >= 11 is 0. The van der Waals surface area contributed by atoms with Crippen molar-refractivity contribution in [1.29, 1.82) is 0 Å². The fourth-order valence-electron chi connectivity index (χ4n) is 3.24. The average Bonchev–Trinajstić information content (AvgIpc) is 3.16. The van der Waals surface area contributed by atoms with Gasteiger partial charge in [-0.05, 0) is 37.6 Å². The summed E-state index contributed by atoms with van der Waals surface area (Å²) < 4.78 is 33.7. The van der Waals surface area contributed by atoms with E-state index in [0.29, 0.717) is 13.1 Å². The second-order valence-corrected chi connectivity index (χ2v) is 9.12. The third-order valence-electron chi connectivity index (χ3n) is 4.53. The minimum Gasteiger partial charge on any atom is -0.373 e. The first-order chi connectivity index (χ1) is 13.3. The smallest absolute Gasteiger partial charge is 0.224 e. The highest BCUT2D eigenvalue weighted by atomic mass is 32.2. The Morgan fingerprint density at radius 1 is 1.21 bits per heavy atom. The number of hydrogen-bond donors (Lipinski definition) is 1. The van der Waals surface area contributed by atoms with Gasteiger partial charge < -0.3 is 10.1 Å². The number of hydrogen-bond acceptors (Lipinski definition) is 5. The van der Waals surface area contributed by atoms with Gasteiger partial charge in [0.2, 0.25) is 15.9 Å². The summed E-state index contributed by atoms with van der Waals surface area (Å²) in [4.78, 5) is 12.1. The van der Waals surface area contributed by atoms with Gasteiger partial charge in [-0.15, -0.1) is 0 Å². The molecule has 0 aliphatic carbocycles. The number of nitrogens with one attached hydrogen (secondary N) is 1. The van der Waals surface area contributed by atoms with Gasteiger partial charge in [0.15, 0.2) is 0 Å². The van der Waals surface area contributed by atoms with Crippen LogP contribution in [-0.2, 0) is 26.0 Å². The molecule has 2 aromatic rings. The quantitative estimate of drug-likeness (QED) is 0.740. The van der Waals surface area contributed by atoms with Crippen LogP contribution in [0.4, 0.5) is 0 Å². The van der Waals surface area contributed by atoms with Crippen LogP contribution in [0, 0.1) is 0 Å². The molecular weight excluding hydrogens is 380 g/mol. The first-order valence-electron chi connectivity index (χ1n) is 9.32. The van der Waals surface area contributed by atoms with Crippen LogP contribution in [0.3, 0.4) is 0 Å². The topological polar surface area (TPSA) is 93.5 Å². The van der Waals surface area contributed by atoms with Gasteiger partial charge in [0.1, 0.15) is 0 Å². The number of rotatable bonds is 7. The number of amides is 1. The molecule has 28 heavy (non-hydrogen) atoms. The maximum absolute atomic E-state index is 12.5. The number of aromatic nitrogens is 2. The van der Waals surface area contributed by atoms with E-state index in [-0.39, 0.29) is 36.8 Å². The molecule has 0 saturated carbocycles. The fraction of sp³-hybridized carbons (Fsp3) is 0.474. The molecule has 0 radical (unpaired) electrons. The van der Waals surface area contributed by atoms with Gasteiger partial charge in [0.05, 0.1) is 30.1 Å². The zero-order chi connectivity index (χ0) is 20.1. The molecule has 1 fully saturated rings. The van der Waals surface area contributed by atoms with Crippen molar-refractivity contribution < 1.29 is 17.9 Å². The molecule has 0 spiro atoms. The molecule has 152 valence electrons. The molecule has 0 unspecified atom stereocenters. The number of nitrogens with zero attached hydrogens (tertiary/aromatic N) is 3. The van der Waals surface area contributed by atoms with Crippen LogP contribution in [0.15, 0.2) is 42.7 Å². The lowest BCUT2D eigenvalue weighted by Crippen LogP contribution is -2.49.